The lowest BCUT2D eigenvalue weighted by atomic mass is 10.1. The van der Waals surface area contributed by atoms with Gasteiger partial charge in [-0.3, -0.25) is 4.90 Å². The van der Waals surface area contributed by atoms with Gasteiger partial charge in [0.25, 0.3) is 0 Å². The van der Waals surface area contributed by atoms with E-state index >= 15 is 0 Å². The van der Waals surface area contributed by atoms with Crippen molar-refractivity contribution in [1.82, 2.24) is 10.2 Å². The van der Waals surface area contributed by atoms with E-state index in [4.69, 9.17) is 10.4 Å². The highest BCUT2D eigenvalue weighted by molar-refractivity contribution is 4.84. The average molecular weight is 211 g/mol. The van der Waals surface area contributed by atoms with E-state index in [9.17, 15) is 0 Å². The van der Waals surface area contributed by atoms with Crippen molar-refractivity contribution in [2.45, 2.75) is 38.3 Å². The Balaban J connectivity index is 2.38. The van der Waals surface area contributed by atoms with Crippen molar-refractivity contribution in [3.05, 3.63) is 0 Å². The minimum absolute atomic E-state index is 0.169. The van der Waals surface area contributed by atoms with Crippen molar-refractivity contribution in [2.75, 3.05) is 26.2 Å². The predicted molar refractivity (Wildman–Crippen MR) is 59.4 cm³/mol. The normalized spacial score (nSPS) is 22.9. The molecule has 0 amide bonds. The van der Waals surface area contributed by atoms with E-state index in [1.165, 1.54) is 12.8 Å². The lowest BCUT2D eigenvalue weighted by Crippen LogP contribution is -2.43. The summed E-state index contributed by atoms with van der Waals surface area (Å²) in [5, 5.41) is 21.1. The molecule has 0 aromatic carbocycles. The van der Waals surface area contributed by atoms with Gasteiger partial charge in [0.1, 0.15) is 0 Å². The van der Waals surface area contributed by atoms with Crippen LogP contribution in [0.3, 0.4) is 0 Å². The van der Waals surface area contributed by atoms with Crippen LogP contribution in [0.1, 0.15) is 26.2 Å². The molecule has 2 unspecified atom stereocenters. The van der Waals surface area contributed by atoms with Crippen LogP contribution in [0.15, 0.2) is 0 Å². The Morgan fingerprint density at radius 1 is 1.67 bits per heavy atom. The lowest BCUT2D eigenvalue weighted by Gasteiger charge is -2.29. The zero-order valence-electron chi connectivity index (χ0n) is 9.45. The highest BCUT2D eigenvalue weighted by atomic mass is 16.3. The summed E-state index contributed by atoms with van der Waals surface area (Å²) in [5.41, 5.74) is 0. The summed E-state index contributed by atoms with van der Waals surface area (Å²) in [5.74, 6) is 0. The van der Waals surface area contributed by atoms with E-state index in [2.05, 4.69) is 16.3 Å². The monoisotopic (exact) mass is 211 g/mol. The molecule has 1 saturated heterocycles. The Morgan fingerprint density at radius 2 is 2.47 bits per heavy atom. The van der Waals surface area contributed by atoms with Gasteiger partial charge in [-0.2, -0.15) is 5.26 Å². The van der Waals surface area contributed by atoms with Crippen LogP contribution in [-0.4, -0.2) is 48.3 Å². The number of hydrogen-bond acceptors (Lipinski definition) is 4. The molecular formula is C11H21N3O. The molecule has 4 nitrogen and oxygen atoms in total. The number of hydrogen-bond donors (Lipinski definition) is 2. The summed E-state index contributed by atoms with van der Waals surface area (Å²) in [6, 6.07) is 2.97. The molecule has 0 aliphatic carbocycles. The molecule has 1 aliphatic heterocycles. The molecule has 2 N–H and O–H groups in total. The zero-order valence-corrected chi connectivity index (χ0v) is 9.45. The first kappa shape index (κ1) is 12.4. The maximum Gasteiger partial charge on any atom is 0.0638 e. The van der Waals surface area contributed by atoms with Crippen molar-refractivity contribution < 1.29 is 5.11 Å². The van der Waals surface area contributed by atoms with Crippen molar-refractivity contribution in [3.63, 3.8) is 0 Å². The molecule has 4 heteroatoms. The fraction of sp³-hybridized carbons (Fsp3) is 0.909. The third-order valence-electron chi connectivity index (χ3n) is 3.01. The second-order valence-corrected chi connectivity index (χ2v) is 4.22. The van der Waals surface area contributed by atoms with Crippen molar-refractivity contribution in [1.29, 1.82) is 5.26 Å². The van der Waals surface area contributed by atoms with Crippen LogP contribution in [0.2, 0.25) is 0 Å². The third kappa shape index (κ3) is 4.17. The van der Waals surface area contributed by atoms with Crippen molar-refractivity contribution in [3.8, 4) is 6.07 Å². The molecule has 1 rings (SSSR count). The quantitative estimate of drug-likeness (QED) is 0.665. The Hall–Kier alpha value is -0.630. The van der Waals surface area contributed by atoms with Crippen LogP contribution in [0.4, 0.5) is 0 Å². The van der Waals surface area contributed by atoms with E-state index in [1.54, 1.807) is 0 Å². The summed E-state index contributed by atoms with van der Waals surface area (Å²) in [7, 11) is 0. The van der Waals surface area contributed by atoms with E-state index in [1.807, 2.05) is 6.92 Å². The Kier molecular flexibility index (Phi) is 5.62. The molecule has 0 aromatic heterocycles. The van der Waals surface area contributed by atoms with Crippen LogP contribution >= 0.6 is 0 Å². The van der Waals surface area contributed by atoms with Gasteiger partial charge in [-0.15, -0.1) is 0 Å². The fourth-order valence-corrected chi connectivity index (χ4v) is 2.08. The topological polar surface area (TPSA) is 59.3 Å². The van der Waals surface area contributed by atoms with Crippen LogP contribution in [-0.2, 0) is 0 Å². The molecule has 1 aliphatic rings. The van der Waals surface area contributed by atoms with Crippen LogP contribution in [0.5, 0.6) is 0 Å². The van der Waals surface area contributed by atoms with Gasteiger partial charge in [0.15, 0.2) is 0 Å². The molecule has 1 fully saturated rings. The minimum Gasteiger partial charge on any atom is -0.395 e. The molecule has 0 bridgehead atoms. The third-order valence-corrected chi connectivity index (χ3v) is 3.01. The van der Waals surface area contributed by atoms with Gasteiger partial charge in [0, 0.05) is 25.2 Å². The molecule has 0 aromatic rings. The standard InChI is InChI=1S/C11H21N3O/c1-10(4-5-12)14(7-8-15)9-11-3-2-6-13-11/h10-11,13,15H,2-4,6-9H2,1H3. The SMILES string of the molecule is CC(CC#N)N(CCO)CC1CCCN1. The van der Waals surface area contributed by atoms with E-state index in [-0.39, 0.29) is 12.6 Å². The number of nitrogens with one attached hydrogen (secondary N) is 1. The van der Waals surface area contributed by atoms with E-state index in [0.29, 0.717) is 19.0 Å². The lowest BCUT2D eigenvalue weighted by molar-refractivity contribution is 0.148. The number of rotatable bonds is 6. The predicted octanol–water partition coefficient (Wildman–Crippen LogP) is 0.335. The van der Waals surface area contributed by atoms with Crippen LogP contribution in [0.25, 0.3) is 0 Å². The first-order valence-electron chi connectivity index (χ1n) is 5.73. The molecule has 0 radical (unpaired) electrons. The summed E-state index contributed by atoms with van der Waals surface area (Å²) in [4.78, 5) is 2.20. The summed E-state index contributed by atoms with van der Waals surface area (Å²) in [6.07, 6.45) is 2.98. The van der Waals surface area contributed by atoms with Gasteiger partial charge in [0.05, 0.1) is 19.1 Å². The zero-order chi connectivity index (χ0) is 11.1. The summed E-state index contributed by atoms with van der Waals surface area (Å²) >= 11 is 0. The smallest absolute Gasteiger partial charge is 0.0638 e. The molecule has 0 spiro atoms. The maximum absolute atomic E-state index is 8.98. The second-order valence-electron chi connectivity index (χ2n) is 4.22. The number of nitriles is 1. The molecule has 15 heavy (non-hydrogen) atoms. The van der Waals surface area contributed by atoms with E-state index in [0.717, 1.165) is 13.1 Å². The summed E-state index contributed by atoms with van der Waals surface area (Å²) < 4.78 is 0. The Morgan fingerprint density at radius 3 is 3.00 bits per heavy atom. The second kappa shape index (κ2) is 6.78. The first-order chi connectivity index (χ1) is 7.27. The van der Waals surface area contributed by atoms with E-state index < -0.39 is 0 Å². The van der Waals surface area contributed by atoms with Gasteiger partial charge >= 0.3 is 0 Å². The molecule has 2 atom stereocenters. The van der Waals surface area contributed by atoms with Gasteiger partial charge in [0.2, 0.25) is 0 Å². The Bertz CT molecular complexity index is 208. The maximum atomic E-state index is 8.98. The largest absolute Gasteiger partial charge is 0.395 e. The molecule has 0 saturated carbocycles. The van der Waals surface area contributed by atoms with Gasteiger partial charge in [-0.05, 0) is 26.3 Å². The number of aliphatic hydroxyl groups is 1. The number of aliphatic hydroxyl groups excluding tert-OH is 1. The van der Waals surface area contributed by atoms with Crippen molar-refractivity contribution >= 4 is 0 Å². The highest BCUT2D eigenvalue weighted by Gasteiger charge is 2.20. The Labute approximate surface area is 91.9 Å². The summed E-state index contributed by atoms with van der Waals surface area (Å²) in [6.45, 7) is 4.94. The highest BCUT2D eigenvalue weighted by Crippen LogP contribution is 2.10. The fourth-order valence-electron chi connectivity index (χ4n) is 2.08. The van der Waals surface area contributed by atoms with Crippen LogP contribution < -0.4 is 5.32 Å². The van der Waals surface area contributed by atoms with Gasteiger partial charge < -0.3 is 10.4 Å². The average Bonchev–Trinajstić information content (AvgIpc) is 2.70. The van der Waals surface area contributed by atoms with Crippen LogP contribution in [0, 0.1) is 11.3 Å². The van der Waals surface area contributed by atoms with Gasteiger partial charge in [-0.25, -0.2) is 0 Å². The first-order valence-corrected chi connectivity index (χ1v) is 5.73. The molecular weight excluding hydrogens is 190 g/mol. The van der Waals surface area contributed by atoms with Gasteiger partial charge in [-0.1, -0.05) is 0 Å². The van der Waals surface area contributed by atoms with Crippen molar-refractivity contribution in [2.24, 2.45) is 0 Å². The molecule has 86 valence electrons. The minimum atomic E-state index is 0.169. The number of nitrogens with zero attached hydrogens (tertiary/aromatic N) is 2. The molecule has 1 heterocycles.